The van der Waals surface area contributed by atoms with Crippen molar-refractivity contribution >= 4 is 46.8 Å². The van der Waals surface area contributed by atoms with Gasteiger partial charge in [0.05, 0.1) is 17.9 Å². The number of carbonyl (C=O) groups is 1. The van der Waals surface area contributed by atoms with Crippen molar-refractivity contribution in [2.45, 2.75) is 13.1 Å². The fraction of sp³-hybridized carbons (Fsp3) is 0.429. The first-order valence-electron chi connectivity index (χ1n) is 6.89. The van der Waals surface area contributed by atoms with Gasteiger partial charge in [-0.1, -0.05) is 11.8 Å². The first kappa shape index (κ1) is 20.4. The van der Waals surface area contributed by atoms with Gasteiger partial charge in [0.25, 0.3) is 0 Å². The summed E-state index contributed by atoms with van der Waals surface area (Å²) in [4.78, 5) is 17.2. The maximum absolute atomic E-state index is 13.3. The molecule has 1 aromatic carbocycles. The van der Waals surface area contributed by atoms with Crippen molar-refractivity contribution in [2.75, 3.05) is 31.3 Å². The molecule has 0 aliphatic carbocycles. The van der Waals surface area contributed by atoms with Crippen molar-refractivity contribution in [3.63, 3.8) is 0 Å². The van der Waals surface area contributed by atoms with Crippen LogP contribution in [-0.4, -0.2) is 42.1 Å². The smallest absolute Gasteiger partial charge is 0.418 e. The molecule has 24 heavy (non-hydrogen) atoms. The van der Waals surface area contributed by atoms with Crippen LogP contribution in [0.15, 0.2) is 23.2 Å². The molecule has 1 saturated heterocycles. The second-order valence-corrected chi connectivity index (χ2v) is 5.80. The third kappa shape index (κ3) is 5.20. The minimum Gasteiger partial charge on any atom is -0.450 e. The van der Waals surface area contributed by atoms with E-state index in [0.717, 1.165) is 18.4 Å². The lowest BCUT2D eigenvalue weighted by Gasteiger charge is -2.15. The largest absolute Gasteiger partial charge is 0.450 e. The van der Waals surface area contributed by atoms with Gasteiger partial charge in [-0.2, -0.15) is 13.2 Å². The number of amidine groups is 1. The van der Waals surface area contributed by atoms with Crippen LogP contribution >= 0.6 is 24.2 Å². The molecule has 134 valence electrons. The quantitative estimate of drug-likeness (QED) is 0.842. The van der Waals surface area contributed by atoms with E-state index in [0.29, 0.717) is 5.17 Å². The topological polar surface area (TPSA) is 53.9 Å². The lowest BCUT2D eigenvalue weighted by Crippen LogP contribution is -2.18. The zero-order valence-electron chi connectivity index (χ0n) is 13.0. The van der Waals surface area contributed by atoms with Crippen molar-refractivity contribution in [2.24, 2.45) is 4.99 Å². The van der Waals surface area contributed by atoms with Crippen LogP contribution in [0, 0.1) is 0 Å². The summed E-state index contributed by atoms with van der Waals surface area (Å²) in [5.41, 5.74) is -1.07. The van der Waals surface area contributed by atoms with Crippen molar-refractivity contribution in [1.82, 2.24) is 4.90 Å². The van der Waals surface area contributed by atoms with Gasteiger partial charge in [0.15, 0.2) is 5.17 Å². The number of aliphatic imine (C=N–C) groups is 1. The Hall–Kier alpha value is -1.61. The van der Waals surface area contributed by atoms with Crippen LogP contribution in [0.25, 0.3) is 0 Å². The molecule has 1 fully saturated rings. The molecule has 2 rings (SSSR count). The Morgan fingerprint density at radius 3 is 2.71 bits per heavy atom. The van der Waals surface area contributed by atoms with E-state index in [1.165, 1.54) is 23.9 Å². The lowest BCUT2D eigenvalue weighted by atomic mass is 10.1. The Morgan fingerprint density at radius 1 is 1.46 bits per heavy atom. The number of nitrogens with zero attached hydrogens (tertiary/aromatic N) is 2. The molecule has 1 aliphatic rings. The molecule has 1 heterocycles. The standard InChI is InChI=1S/C14H16F3N3O2S.ClH/c1-3-22-13(21)18-9-4-5-11(10(8-9)14(15,16)17)19-12-20(2)6-7-23-12;/h4-5,8H,3,6-7H2,1-2H3,(H,18,21);1H. The molecule has 0 radical (unpaired) electrons. The molecule has 0 bridgehead atoms. The SMILES string of the molecule is CCOC(=O)Nc1ccc(N=C2SCCN2C)c(C(F)(F)F)c1.Cl. The summed E-state index contributed by atoms with van der Waals surface area (Å²) in [6.07, 6.45) is -5.38. The van der Waals surface area contributed by atoms with Crippen molar-refractivity contribution < 1.29 is 22.7 Å². The van der Waals surface area contributed by atoms with Gasteiger partial charge in [-0.15, -0.1) is 12.4 Å². The van der Waals surface area contributed by atoms with E-state index in [4.69, 9.17) is 0 Å². The number of hydrogen-bond acceptors (Lipinski definition) is 4. The Labute approximate surface area is 148 Å². The summed E-state index contributed by atoms with van der Waals surface area (Å²) >= 11 is 1.40. The molecule has 1 N–H and O–H groups in total. The minimum atomic E-state index is -4.58. The monoisotopic (exact) mass is 383 g/mol. The maximum atomic E-state index is 13.3. The van der Waals surface area contributed by atoms with Crippen LogP contribution < -0.4 is 5.32 Å². The van der Waals surface area contributed by atoms with E-state index >= 15 is 0 Å². The molecule has 0 unspecified atom stereocenters. The third-order valence-corrected chi connectivity index (χ3v) is 4.07. The molecule has 1 aromatic rings. The number of carbonyl (C=O) groups excluding carboxylic acids is 1. The molecule has 0 spiro atoms. The first-order chi connectivity index (χ1) is 10.8. The van der Waals surface area contributed by atoms with Crippen molar-refractivity contribution in [3.8, 4) is 0 Å². The van der Waals surface area contributed by atoms with Gasteiger partial charge in [-0.25, -0.2) is 9.79 Å². The van der Waals surface area contributed by atoms with E-state index < -0.39 is 17.8 Å². The van der Waals surface area contributed by atoms with Gasteiger partial charge in [-0.05, 0) is 25.1 Å². The normalized spacial score (nSPS) is 16.0. The van der Waals surface area contributed by atoms with Crippen LogP contribution in [0.4, 0.5) is 29.3 Å². The summed E-state index contributed by atoms with van der Waals surface area (Å²) in [6.45, 7) is 2.48. The molecular weight excluding hydrogens is 367 g/mol. The van der Waals surface area contributed by atoms with Gasteiger partial charge >= 0.3 is 12.3 Å². The number of thioether (sulfide) groups is 1. The Morgan fingerprint density at radius 2 is 2.17 bits per heavy atom. The second-order valence-electron chi connectivity index (χ2n) is 4.74. The molecule has 0 aromatic heterocycles. The van der Waals surface area contributed by atoms with Gasteiger partial charge in [-0.3, -0.25) is 5.32 Å². The average Bonchev–Trinajstić information content (AvgIpc) is 2.85. The molecule has 10 heteroatoms. The van der Waals surface area contributed by atoms with E-state index in [9.17, 15) is 18.0 Å². The number of benzene rings is 1. The van der Waals surface area contributed by atoms with Gasteiger partial charge in [0.2, 0.25) is 0 Å². The second kappa shape index (κ2) is 8.48. The summed E-state index contributed by atoms with van der Waals surface area (Å²) in [7, 11) is 1.78. The maximum Gasteiger partial charge on any atom is 0.418 e. The zero-order chi connectivity index (χ0) is 17.0. The summed E-state index contributed by atoms with van der Waals surface area (Å²) in [5, 5.41) is 2.80. The fourth-order valence-electron chi connectivity index (χ4n) is 1.92. The Balaban J connectivity index is 0.00000288. The van der Waals surface area contributed by atoms with E-state index in [1.54, 1.807) is 18.9 Å². The molecule has 5 nitrogen and oxygen atoms in total. The number of ether oxygens (including phenoxy) is 1. The highest BCUT2D eigenvalue weighted by atomic mass is 35.5. The molecule has 0 atom stereocenters. The highest BCUT2D eigenvalue weighted by Gasteiger charge is 2.34. The summed E-state index contributed by atoms with van der Waals surface area (Å²) in [5.74, 6) is 0.791. The zero-order valence-corrected chi connectivity index (χ0v) is 14.6. The number of amides is 1. The Bertz CT molecular complexity index is 626. The summed E-state index contributed by atoms with van der Waals surface area (Å²) < 4.78 is 44.4. The molecule has 0 saturated carbocycles. The third-order valence-electron chi connectivity index (χ3n) is 3.02. The minimum absolute atomic E-state index is 0. The van der Waals surface area contributed by atoms with Gasteiger partial charge in [0, 0.05) is 25.0 Å². The number of rotatable bonds is 3. The Kier molecular flexibility index (Phi) is 7.22. The number of anilines is 1. The van der Waals surface area contributed by atoms with Gasteiger partial charge in [0.1, 0.15) is 0 Å². The first-order valence-corrected chi connectivity index (χ1v) is 7.87. The lowest BCUT2D eigenvalue weighted by molar-refractivity contribution is -0.137. The van der Waals surface area contributed by atoms with E-state index in [-0.39, 0.29) is 30.4 Å². The van der Waals surface area contributed by atoms with E-state index in [1.807, 2.05) is 0 Å². The van der Waals surface area contributed by atoms with Crippen LogP contribution in [0.5, 0.6) is 0 Å². The number of alkyl halides is 3. The molecule has 1 amide bonds. The summed E-state index contributed by atoms with van der Waals surface area (Å²) in [6, 6.07) is 3.46. The highest BCUT2D eigenvalue weighted by molar-refractivity contribution is 8.14. The molecular formula is C14H17ClF3N3O2S. The predicted octanol–water partition coefficient (Wildman–Crippen LogP) is 4.36. The van der Waals surface area contributed by atoms with Gasteiger partial charge < -0.3 is 9.64 Å². The van der Waals surface area contributed by atoms with E-state index in [2.05, 4.69) is 15.0 Å². The van der Waals surface area contributed by atoms with Crippen molar-refractivity contribution in [3.05, 3.63) is 23.8 Å². The average molecular weight is 384 g/mol. The fourth-order valence-corrected chi connectivity index (χ4v) is 2.95. The predicted molar refractivity (Wildman–Crippen MR) is 91.5 cm³/mol. The van der Waals surface area contributed by atoms with Crippen LogP contribution in [-0.2, 0) is 10.9 Å². The van der Waals surface area contributed by atoms with Crippen LogP contribution in [0.1, 0.15) is 12.5 Å². The van der Waals surface area contributed by atoms with Crippen LogP contribution in [0.2, 0.25) is 0 Å². The van der Waals surface area contributed by atoms with Crippen LogP contribution in [0.3, 0.4) is 0 Å². The molecule has 1 aliphatic heterocycles. The number of halogens is 4. The highest BCUT2D eigenvalue weighted by Crippen LogP contribution is 2.39. The van der Waals surface area contributed by atoms with Crippen molar-refractivity contribution in [1.29, 1.82) is 0 Å². The number of hydrogen-bond donors (Lipinski definition) is 1. The number of nitrogens with one attached hydrogen (secondary N) is 1.